The van der Waals surface area contributed by atoms with Gasteiger partial charge in [0.15, 0.2) is 0 Å². The molecule has 0 spiro atoms. The average molecular weight is 607 g/mol. The lowest BCUT2D eigenvalue weighted by molar-refractivity contribution is 0.0695. The molecule has 2 atom stereocenters. The number of carboxylic acid groups (broad SMARTS) is 1. The Bertz CT molecular complexity index is 1520. The smallest absolute Gasteiger partial charge is 0.335 e. The summed E-state index contributed by atoms with van der Waals surface area (Å²) in [4.78, 5) is 11.7. The largest absolute Gasteiger partial charge is 0.490 e. The number of aliphatic hydroxyl groups is 2. The van der Waals surface area contributed by atoms with Crippen LogP contribution in [0.2, 0.25) is 0 Å². The highest BCUT2D eigenvalue weighted by Crippen LogP contribution is 2.26. The van der Waals surface area contributed by atoms with E-state index >= 15 is 0 Å². The van der Waals surface area contributed by atoms with Crippen LogP contribution in [0.5, 0.6) is 23.0 Å². The van der Waals surface area contributed by atoms with Crippen molar-refractivity contribution in [2.45, 2.75) is 12.2 Å². The maximum Gasteiger partial charge on any atom is 0.335 e. The molecule has 0 aromatic heterocycles. The molecule has 0 saturated heterocycles. The van der Waals surface area contributed by atoms with Gasteiger partial charge >= 0.3 is 5.97 Å². The first kappa shape index (κ1) is 31.1. The van der Waals surface area contributed by atoms with Crippen molar-refractivity contribution in [2.24, 2.45) is 0 Å². The van der Waals surface area contributed by atoms with Gasteiger partial charge in [-0.05, 0) is 58.7 Å². The maximum absolute atomic E-state index is 11.7. The molecule has 230 valence electrons. The van der Waals surface area contributed by atoms with E-state index in [-0.39, 0.29) is 32.0 Å². The predicted molar refractivity (Wildman–Crippen MR) is 169 cm³/mol. The van der Waals surface area contributed by atoms with Gasteiger partial charge < -0.3 is 34.3 Å². The Hall–Kier alpha value is -5.31. The zero-order valence-corrected chi connectivity index (χ0v) is 24.5. The number of ether oxygens (including phenoxy) is 4. The number of rotatable bonds is 15. The fourth-order valence-electron chi connectivity index (χ4n) is 4.65. The standard InChI is InChI=1S/C37H34O8/c38-35(26-7-3-1-4-8-26)28-11-15-31(16-12-28)42-19-21-44-33-23-30(37(40)41)24-34(25-33)45-22-20-43-32-17-13-29(14-18-32)36(39)27-9-5-2-6-10-27/h1-18,23-25,35-36,38-39H,19-22H2,(H,40,41). The number of aromatic carboxylic acids is 1. The summed E-state index contributed by atoms with van der Waals surface area (Å²) in [6.45, 7) is 0.802. The van der Waals surface area contributed by atoms with Crippen molar-refractivity contribution in [3.8, 4) is 23.0 Å². The molecule has 5 aromatic carbocycles. The minimum atomic E-state index is -1.10. The van der Waals surface area contributed by atoms with Gasteiger partial charge in [0, 0.05) is 6.07 Å². The molecule has 5 aromatic rings. The number of aliphatic hydroxyl groups excluding tert-OH is 2. The number of hydrogen-bond donors (Lipinski definition) is 3. The molecule has 0 saturated carbocycles. The Morgan fingerprint density at radius 2 is 0.800 bits per heavy atom. The summed E-state index contributed by atoms with van der Waals surface area (Å²) in [5, 5.41) is 30.7. The van der Waals surface area contributed by atoms with Gasteiger partial charge in [-0.15, -0.1) is 0 Å². The normalized spacial score (nSPS) is 12.1. The van der Waals surface area contributed by atoms with Crippen LogP contribution in [-0.2, 0) is 0 Å². The van der Waals surface area contributed by atoms with E-state index in [2.05, 4.69) is 0 Å². The van der Waals surface area contributed by atoms with E-state index in [1.165, 1.54) is 12.1 Å². The molecule has 0 aliphatic heterocycles. The summed E-state index contributed by atoms with van der Waals surface area (Å²) < 4.78 is 23.0. The summed E-state index contributed by atoms with van der Waals surface area (Å²) in [5.74, 6) is 0.806. The minimum Gasteiger partial charge on any atom is -0.490 e. The van der Waals surface area contributed by atoms with Crippen molar-refractivity contribution < 1.29 is 39.1 Å². The van der Waals surface area contributed by atoms with E-state index in [0.29, 0.717) is 23.0 Å². The number of hydrogen-bond acceptors (Lipinski definition) is 7. The molecule has 5 rings (SSSR count). The molecular formula is C37H34O8. The lowest BCUT2D eigenvalue weighted by atomic mass is 10.0. The molecule has 0 aliphatic carbocycles. The second-order valence-electron chi connectivity index (χ2n) is 10.2. The number of carboxylic acids is 1. The molecule has 8 heteroatoms. The summed E-state index contributed by atoms with van der Waals surface area (Å²) in [6.07, 6.45) is -1.44. The van der Waals surface area contributed by atoms with Crippen molar-refractivity contribution >= 4 is 5.97 Å². The maximum atomic E-state index is 11.7. The van der Waals surface area contributed by atoms with Crippen LogP contribution in [0, 0.1) is 0 Å². The van der Waals surface area contributed by atoms with Crippen LogP contribution in [0.4, 0.5) is 0 Å². The van der Waals surface area contributed by atoms with Crippen LogP contribution in [0.3, 0.4) is 0 Å². The second-order valence-corrected chi connectivity index (χ2v) is 10.2. The van der Waals surface area contributed by atoms with Gasteiger partial charge in [0.25, 0.3) is 0 Å². The quantitative estimate of drug-likeness (QED) is 0.116. The zero-order chi connectivity index (χ0) is 31.4. The van der Waals surface area contributed by atoms with Crippen LogP contribution in [0.15, 0.2) is 127 Å². The van der Waals surface area contributed by atoms with Crippen molar-refractivity contribution in [2.75, 3.05) is 26.4 Å². The Morgan fingerprint density at radius 3 is 1.16 bits per heavy atom. The fourth-order valence-corrected chi connectivity index (χ4v) is 4.65. The summed E-state index contributed by atoms with van der Waals surface area (Å²) in [6, 6.07) is 37.6. The second kappa shape index (κ2) is 15.4. The lowest BCUT2D eigenvalue weighted by Crippen LogP contribution is -2.11. The Kier molecular flexibility index (Phi) is 10.7. The summed E-state index contributed by atoms with van der Waals surface area (Å²) >= 11 is 0. The topological polar surface area (TPSA) is 115 Å². The first-order chi connectivity index (χ1) is 22.0. The highest BCUT2D eigenvalue weighted by atomic mass is 16.5. The van der Waals surface area contributed by atoms with E-state index in [1.54, 1.807) is 30.3 Å². The highest BCUT2D eigenvalue weighted by Gasteiger charge is 2.12. The Labute approximate surface area is 261 Å². The molecular weight excluding hydrogens is 572 g/mol. The van der Waals surface area contributed by atoms with Gasteiger partial charge in [-0.1, -0.05) is 84.9 Å². The SMILES string of the molecule is O=C(O)c1cc(OCCOc2ccc(C(O)c3ccccc3)cc2)cc(OCCOc2ccc(C(O)c3ccccc3)cc2)c1. The molecule has 8 nitrogen and oxygen atoms in total. The van der Waals surface area contributed by atoms with Crippen LogP contribution in [0.25, 0.3) is 0 Å². The molecule has 0 bridgehead atoms. The summed E-state index contributed by atoms with van der Waals surface area (Å²) in [5.41, 5.74) is 3.16. The van der Waals surface area contributed by atoms with Crippen molar-refractivity contribution in [1.82, 2.24) is 0 Å². The minimum absolute atomic E-state index is 0.0319. The van der Waals surface area contributed by atoms with Gasteiger partial charge in [0.1, 0.15) is 61.6 Å². The molecule has 0 amide bonds. The van der Waals surface area contributed by atoms with Crippen LogP contribution in [0.1, 0.15) is 44.8 Å². The van der Waals surface area contributed by atoms with Crippen LogP contribution < -0.4 is 18.9 Å². The van der Waals surface area contributed by atoms with E-state index in [1.807, 2.05) is 84.9 Å². The molecule has 3 N–H and O–H groups in total. The lowest BCUT2D eigenvalue weighted by Gasteiger charge is -2.14. The number of carbonyl (C=O) groups is 1. The Balaban J connectivity index is 1.07. The fraction of sp³-hybridized carbons (Fsp3) is 0.162. The third-order valence-electron chi connectivity index (χ3n) is 6.99. The average Bonchev–Trinajstić information content (AvgIpc) is 3.09. The molecule has 0 heterocycles. The van der Waals surface area contributed by atoms with E-state index in [0.717, 1.165) is 22.3 Å². The van der Waals surface area contributed by atoms with Crippen molar-refractivity contribution in [3.05, 3.63) is 155 Å². The predicted octanol–water partition coefficient (Wildman–Crippen LogP) is 6.46. The molecule has 2 unspecified atom stereocenters. The van der Waals surface area contributed by atoms with E-state index in [9.17, 15) is 20.1 Å². The van der Waals surface area contributed by atoms with Gasteiger partial charge in [-0.25, -0.2) is 4.79 Å². The third kappa shape index (κ3) is 8.86. The van der Waals surface area contributed by atoms with Gasteiger partial charge in [-0.2, -0.15) is 0 Å². The molecule has 0 radical (unpaired) electrons. The first-order valence-corrected chi connectivity index (χ1v) is 14.5. The monoisotopic (exact) mass is 606 g/mol. The van der Waals surface area contributed by atoms with Gasteiger partial charge in [0.05, 0.1) is 5.56 Å². The van der Waals surface area contributed by atoms with Crippen LogP contribution in [-0.4, -0.2) is 47.7 Å². The highest BCUT2D eigenvalue weighted by molar-refractivity contribution is 5.88. The Morgan fingerprint density at radius 1 is 0.467 bits per heavy atom. The van der Waals surface area contributed by atoms with E-state index < -0.39 is 18.2 Å². The zero-order valence-electron chi connectivity index (χ0n) is 24.5. The van der Waals surface area contributed by atoms with E-state index in [4.69, 9.17) is 18.9 Å². The van der Waals surface area contributed by atoms with Crippen LogP contribution >= 0.6 is 0 Å². The number of benzene rings is 5. The first-order valence-electron chi connectivity index (χ1n) is 14.5. The molecule has 0 aliphatic rings. The van der Waals surface area contributed by atoms with Crippen molar-refractivity contribution in [3.63, 3.8) is 0 Å². The van der Waals surface area contributed by atoms with Gasteiger partial charge in [-0.3, -0.25) is 0 Å². The van der Waals surface area contributed by atoms with Gasteiger partial charge in [0.2, 0.25) is 0 Å². The van der Waals surface area contributed by atoms with Crippen molar-refractivity contribution in [1.29, 1.82) is 0 Å². The third-order valence-corrected chi connectivity index (χ3v) is 6.99. The summed E-state index contributed by atoms with van der Waals surface area (Å²) in [7, 11) is 0. The molecule has 45 heavy (non-hydrogen) atoms. The molecule has 0 fully saturated rings.